The third-order valence-corrected chi connectivity index (χ3v) is 8.44. The molecule has 4 aromatic rings. The highest BCUT2D eigenvalue weighted by Gasteiger charge is 2.61. The minimum atomic E-state index is -1.80. The van der Waals surface area contributed by atoms with Gasteiger partial charge in [0.15, 0.2) is 5.79 Å². The molecule has 0 bridgehead atoms. The Morgan fingerprint density at radius 3 is 1.66 bits per heavy atom. The van der Waals surface area contributed by atoms with Crippen molar-refractivity contribution in [3.63, 3.8) is 0 Å². The molecule has 1 fully saturated rings. The van der Waals surface area contributed by atoms with Gasteiger partial charge in [-0.1, -0.05) is 84.9 Å². The number of methoxy groups -OCH3 is 2. The average molecular weight is 601 g/mol. The molecular weight excluding hydrogens is 560 g/mol. The number of hydrogen-bond donors (Lipinski definition) is 3. The van der Waals surface area contributed by atoms with Gasteiger partial charge in [0, 0.05) is 0 Å². The number of hydrogen-bond acceptors (Lipinski definition) is 8. The monoisotopic (exact) mass is 600 g/mol. The molecule has 8 heteroatoms. The van der Waals surface area contributed by atoms with Crippen LogP contribution in [0.4, 0.5) is 0 Å². The SMILES string of the molecule is COc1ccc(C(OC[C@@H]2[C@H](OCc3ccccc3)C(CO)(CO)OC2(C)O)(c2ccccc2)c2ccc(OC)cc2)cc1. The molecule has 3 N–H and O–H groups in total. The zero-order valence-corrected chi connectivity index (χ0v) is 25.3. The molecule has 0 amide bonds. The van der Waals surface area contributed by atoms with Crippen molar-refractivity contribution in [2.75, 3.05) is 34.0 Å². The molecule has 232 valence electrons. The van der Waals surface area contributed by atoms with E-state index in [0.29, 0.717) is 11.5 Å². The minimum absolute atomic E-state index is 0.0544. The summed E-state index contributed by atoms with van der Waals surface area (Å²) in [5.74, 6) is -1.20. The van der Waals surface area contributed by atoms with Crippen LogP contribution < -0.4 is 9.47 Å². The maximum atomic E-state index is 11.6. The molecule has 0 aromatic heterocycles. The van der Waals surface area contributed by atoms with Gasteiger partial charge in [-0.05, 0) is 53.4 Å². The minimum Gasteiger partial charge on any atom is -0.497 e. The Balaban J connectivity index is 1.60. The zero-order valence-electron chi connectivity index (χ0n) is 25.3. The van der Waals surface area contributed by atoms with E-state index in [1.54, 1.807) is 14.2 Å². The normalized spacial score (nSPS) is 21.2. The Morgan fingerprint density at radius 1 is 0.705 bits per heavy atom. The summed E-state index contributed by atoms with van der Waals surface area (Å²) in [4.78, 5) is 0. The van der Waals surface area contributed by atoms with Crippen molar-refractivity contribution in [3.8, 4) is 11.5 Å². The first-order valence-corrected chi connectivity index (χ1v) is 14.6. The Bertz CT molecular complexity index is 1400. The lowest BCUT2D eigenvalue weighted by Crippen LogP contribution is -2.50. The Kier molecular flexibility index (Phi) is 9.70. The lowest BCUT2D eigenvalue weighted by Gasteiger charge is -2.39. The quantitative estimate of drug-likeness (QED) is 0.190. The Labute approximate surface area is 258 Å². The fourth-order valence-corrected chi connectivity index (χ4v) is 6.05. The molecular formula is C36H40O8. The van der Waals surface area contributed by atoms with Crippen LogP contribution in [0.1, 0.15) is 29.2 Å². The topological polar surface area (TPSA) is 107 Å². The van der Waals surface area contributed by atoms with Crippen LogP contribution in [0.5, 0.6) is 11.5 Å². The predicted molar refractivity (Wildman–Crippen MR) is 165 cm³/mol. The van der Waals surface area contributed by atoms with Crippen LogP contribution in [0.25, 0.3) is 0 Å². The second-order valence-electron chi connectivity index (χ2n) is 11.2. The van der Waals surface area contributed by atoms with Gasteiger partial charge >= 0.3 is 0 Å². The van der Waals surface area contributed by atoms with Gasteiger partial charge in [0.1, 0.15) is 28.8 Å². The van der Waals surface area contributed by atoms with Gasteiger partial charge in [0.05, 0.1) is 46.6 Å². The second kappa shape index (κ2) is 13.5. The van der Waals surface area contributed by atoms with E-state index in [9.17, 15) is 15.3 Å². The Morgan fingerprint density at radius 2 is 1.18 bits per heavy atom. The molecule has 5 rings (SSSR count). The van der Waals surface area contributed by atoms with E-state index in [0.717, 1.165) is 22.3 Å². The van der Waals surface area contributed by atoms with Gasteiger partial charge in [-0.15, -0.1) is 0 Å². The highest BCUT2D eigenvalue weighted by Crippen LogP contribution is 2.47. The van der Waals surface area contributed by atoms with Crippen LogP contribution in [0.15, 0.2) is 109 Å². The van der Waals surface area contributed by atoms with Crippen molar-refractivity contribution in [3.05, 3.63) is 131 Å². The highest BCUT2D eigenvalue weighted by atomic mass is 16.7. The molecule has 4 aromatic carbocycles. The van der Waals surface area contributed by atoms with Gasteiger partial charge in [0.25, 0.3) is 0 Å². The maximum absolute atomic E-state index is 11.6. The van der Waals surface area contributed by atoms with Gasteiger partial charge < -0.3 is 39.0 Å². The number of benzene rings is 4. The average Bonchev–Trinajstić information content (AvgIpc) is 3.30. The van der Waals surface area contributed by atoms with E-state index in [1.807, 2.05) is 109 Å². The third kappa shape index (κ3) is 6.10. The van der Waals surface area contributed by atoms with Crippen LogP contribution in [0.2, 0.25) is 0 Å². The third-order valence-electron chi connectivity index (χ3n) is 8.44. The molecule has 0 aliphatic carbocycles. The second-order valence-corrected chi connectivity index (χ2v) is 11.2. The van der Waals surface area contributed by atoms with Crippen LogP contribution in [0, 0.1) is 5.92 Å². The number of aliphatic hydroxyl groups excluding tert-OH is 2. The van der Waals surface area contributed by atoms with Crippen molar-refractivity contribution in [1.29, 1.82) is 0 Å². The summed E-state index contributed by atoms with van der Waals surface area (Å²) in [5, 5.41) is 32.5. The van der Waals surface area contributed by atoms with Crippen LogP contribution in [0.3, 0.4) is 0 Å². The van der Waals surface area contributed by atoms with E-state index in [1.165, 1.54) is 6.92 Å². The lowest BCUT2D eigenvalue weighted by molar-refractivity contribution is -0.249. The van der Waals surface area contributed by atoms with E-state index in [-0.39, 0.29) is 13.2 Å². The standard InChI is InChI=1S/C36H40O8/c1-34(39)32(33(35(24-37,25-38)44-34)42-22-26-10-6-4-7-11-26)23-43-36(27-12-8-5-9-13-27,28-14-18-30(40-2)19-15-28)29-16-20-31(41-3)21-17-29/h4-21,32-33,37-39H,22-25H2,1-3H3/t32-,33+,34?/m1/s1. The molecule has 3 atom stereocenters. The predicted octanol–water partition coefficient (Wildman–Crippen LogP) is 4.68. The molecule has 1 saturated heterocycles. The van der Waals surface area contributed by atoms with Crippen LogP contribution in [-0.4, -0.2) is 66.9 Å². The molecule has 1 aliphatic heterocycles. The molecule has 1 heterocycles. The van der Waals surface area contributed by atoms with E-state index in [2.05, 4.69) is 0 Å². The van der Waals surface area contributed by atoms with Crippen molar-refractivity contribution >= 4 is 0 Å². The van der Waals surface area contributed by atoms with E-state index in [4.69, 9.17) is 23.7 Å². The number of aliphatic hydroxyl groups is 3. The molecule has 1 aliphatic rings. The van der Waals surface area contributed by atoms with Gasteiger partial charge in [-0.2, -0.15) is 0 Å². The molecule has 0 radical (unpaired) electrons. The van der Waals surface area contributed by atoms with Crippen LogP contribution in [-0.2, 0) is 26.4 Å². The summed E-state index contributed by atoms with van der Waals surface area (Å²) >= 11 is 0. The largest absolute Gasteiger partial charge is 0.497 e. The van der Waals surface area contributed by atoms with Gasteiger partial charge in [-0.25, -0.2) is 0 Å². The first-order chi connectivity index (χ1) is 21.3. The summed E-state index contributed by atoms with van der Waals surface area (Å²) < 4.78 is 30.3. The smallest absolute Gasteiger partial charge is 0.171 e. The summed E-state index contributed by atoms with van der Waals surface area (Å²) in [6, 6.07) is 34.7. The molecule has 8 nitrogen and oxygen atoms in total. The van der Waals surface area contributed by atoms with E-state index < -0.39 is 42.2 Å². The maximum Gasteiger partial charge on any atom is 0.171 e. The van der Waals surface area contributed by atoms with Gasteiger partial charge in [-0.3, -0.25) is 0 Å². The first-order valence-electron chi connectivity index (χ1n) is 14.6. The Hall–Kier alpha value is -3.76. The highest BCUT2D eigenvalue weighted by molar-refractivity contribution is 5.49. The van der Waals surface area contributed by atoms with Crippen molar-refractivity contribution in [2.45, 2.75) is 36.6 Å². The molecule has 1 unspecified atom stereocenters. The summed E-state index contributed by atoms with van der Waals surface area (Å²) in [5.41, 5.74) is 0.701. The van der Waals surface area contributed by atoms with E-state index >= 15 is 0 Å². The molecule has 0 spiro atoms. The molecule has 44 heavy (non-hydrogen) atoms. The first kappa shape index (κ1) is 31.7. The number of rotatable bonds is 13. The zero-order chi connectivity index (χ0) is 31.2. The van der Waals surface area contributed by atoms with Crippen LogP contribution >= 0.6 is 0 Å². The fraction of sp³-hybridized carbons (Fsp3) is 0.333. The summed E-state index contributed by atoms with van der Waals surface area (Å²) in [6.07, 6.45) is -0.909. The lowest BCUT2D eigenvalue weighted by atomic mass is 9.79. The van der Waals surface area contributed by atoms with Gasteiger partial charge in [0.2, 0.25) is 0 Å². The van der Waals surface area contributed by atoms with Crippen molar-refractivity contribution < 1.29 is 39.0 Å². The molecule has 0 saturated carbocycles. The summed E-state index contributed by atoms with van der Waals surface area (Å²) in [7, 11) is 3.23. The fourth-order valence-electron chi connectivity index (χ4n) is 6.05. The summed E-state index contributed by atoms with van der Waals surface area (Å²) in [6.45, 7) is 0.524. The van der Waals surface area contributed by atoms with Crippen molar-refractivity contribution in [2.24, 2.45) is 5.92 Å². The van der Waals surface area contributed by atoms with Crippen molar-refractivity contribution in [1.82, 2.24) is 0 Å². The number of ether oxygens (including phenoxy) is 5.